The van der Waals surface area contributed by atoms with Crippen molar-refractivity contribution >= 4 is 11.6 Å². The Kier molecular flexibility index (Phi) is 10.2. The largest absolute Gasteiger partial charge is 1.00 e. The third kappa shape index (κ3) is 8.11. The molecule has 0 saturated carbocycles. The van der Waals surface area contributed by atoms with Crippen LogP contribution in [0.1, 0.15) is 49.4 Å². The van der Waals surface area contributed by atoms with Crippen LogP contribution in [0.15, 0.2) is 59.1 Å². The Morgan fingerprint density at radius 3 is 2.19 bits per heavy atom. The number of nitrogens with zero attached hydrogens (tertiary/aromatic N) is 1. The van der Waals surface area contributed by atoms with Crippen molar-refractivity contribution in [3.63, 3.8) is 0 Å². The normalized spacial score (nSPS) is 10.2. The van der Waals surface area contributed by atoms with Gasteiger partial charge >= 0.3 is 51.4 Å². The average molecular weight is 388 g/mol. The smallest absolute Gasteiger partial charge is 0.470 e. The number of carbonyl (C=O) groups is 1. The van der Waals surface area contributed by atoms with Crippen LogP contribution in [0.5, 0.6) is 0 Å². The zero-order chi connectivity index (χ0) is 19.0. The molecule has 1 aromatic heterocycles. The van der Waals surface area contributed by atoms with Crippen LogP contribution in [0.4, 0.5) is 5.69 Å². The Hall–Kier alpha value is -1.24. The molecule has 0 bridgehead atoms. The van der Waals surface area contributed by atoms with Crippen LogP contribution < -0.4 is 56.7 Å². The van der Waals surface area contributed by atoms with Crippen molar-refractivity contribution < 1.29 is 60.7 Å². The second kappa shape index (κ2) is 11.6. The number of amides is 1. The molecule has 0 unspecified atom stereocenters. The molecule has 3 rings (SSSR count). The molecule has 0 aliphatic carbocycles. The monoisotopic (exact) mass is 387 g/mol. The first-order chi connectivity index (χ1) is 12.4. The molecule has 0 fully saturated rings. The summed E-state index contributed by atoms with van der Waals surface area (Å²) in [4.78, 5) is 11.9. The van der Waals surface area contributed by atoms with Crippen molar-refractivity contribution in [3.8, 4) is 0 Å². The summed E-state index contributed by atoms with van der Waals surface area (Å²) in [5, 5.41) is 6.33. The summed E-state index contributed by atoms with van der Waals surface area (Å²) in [6.07, 6.45) is 3.60. The maximum absolute atomic E-state index is 11.9. The summed E-state index contributed by atoms with van der Waals surface area (Å²) in [5.41, 5.74) is 2.76. The Morgan fingerprint density at radius 2 is 1.74 bits per heavy atom. The number of hydrogen-bond donors (Lipinski definition) is 1. The van der Waals surface area contributed by atoms with E-state index < -0.39 is 0 Å². The predicted octanol–water partition coefficient (Wildman–Crippen LogP) is 2.08. The molecule has 1 amide bonds. The average Bonchev–Trinajstić information content (AvgIpc) is 3.18. The molecular weight excluding hydrogens is 363 g/mol. The van der Waals surface area contributed by atoms with Gasteiger partial charge in [-0.05, 0) is 35.3 Å². The first-order valence-corrected chi connectivity index (χ1v) is 8.60. The van der Waals surface area contributed by atoms with Gasteiger partial charge in [-0.25, -0.2) is 5.16 Å². The summed E-state index contributed by atoms with van der Waals surface area (Å²) in [7, 11) is 0. The minimum absolute atomic E-state index is 0. The molecule has 0 saturated heterocycles. The van der Waals surface area contributed by atoms with Crippen LogP contribution in [0.25, 0.3) is 0 Å². The Balaban J connectivity index is 0.000000310. The fourth-order valence-corrected chi connectivity index (χ4v) is 2.11. The van der Waals surface area contributed by atoms with E-state index in [9.17, 15) is 4.79 Å². The number of rotatable bonds is 3. The maximum atomic E-state index is 11.9. The van der Waals surface area contributed by atoms with Crippen LogP contribution in [0.2, 0.25) is 0 Å². The van der Waals surface area contributed by atoms with Crippen LogP contribution in [0, 0.1) is 12.3 Å². The zero-order valence-electron chi connectivity index (χ0n) is 16.7. The molecule has 0 spiro atoms. The fraction of sp³-hybridized carbons (Fsp3) is 0.273. The SMILES string of the molecule is CC(C)(C)c1c[c-]no1.CCc1ccc(C(=O)Nc2cc[c-]cc2)cc1.[K+]. The van der Waals surface area contributed by atoms with E-state index in [-0.39, 0.29) is 62.7 Å². The van der Waals surface area contributed by atoms with Crippen molar-refractivity contribution in [2.24, 2.45) is 0 Å². The molecule has 1 N–H and O–H groups in total. The van der Waals surface area contributed by atoms with E-state index in [1.807, 2.05) is 36.4 Å². The van der Waals surface area contributed by atoms with Crippen molar-refractivity contribution in [3.05, 3.63) is 83.7 Å². The predicted molar refractivity (Wildman–Crippen MR) is 103 cm³/mol. The number of carbonyl (C=O) groups excluding carboxylic acids is 1. The van der Waals surface area contributed by atoms with Crippen LogP contribution in [0.3, 0.4) is 0 Å². The van der Waals surface area contributed by atoms with E-state index in [0.29, 0.717) is 5.56 Å². The number of anilines is 1. The quantitative estimate of drug-likeness (QED) is 0.553. The molecule has 1 heterocycles. The molecule has 136 valence electrons. The molecule has 4 nitrogen and oxygen atoms in total. The first-order valence-electron chi connectivity index (χ1n) is 8.60. The van der Waals surface area contributed by atoms with Crippen molar-refractivity contribution in [2.45, 2.75) is 39.5 Å². The van der Waals surface area contributed by atoms with E-state index in [1.54, 1.807) is 18.2 Å². The van der Waals surface area contributed by atoms with E-state index >= 15 is 0 Å². The Bertz CT molecular complexity index is 793. The number of benzene rings is 2. The number of aryl methyl sites for hydroxylation is 1. The molecule has 3 aromatic rings. The van der Waals surface area contributed by atoms with Crippen LogP contribution in [-0.2, 0) is 11.8 Å². The van der Waals surface area contributed by atoms with Gasteiger partial charge in [0.2, 0.25) is 0 Å². The Morgan fingerprint density at radius 1 is 1.11 bits per heavy atom. The third-order valence-corrected chi connectivity index (χ3v) is 3.73. The van der Waals surface area contributed by atoms with E-state index in [1.165, 1.54) is 5.56 Å². The van der Waals surface area contributed by atoms with Gasteiger partial charge in [0.05, 0.1) is 0 Å². The Labute approximate surface area is 204 Å². The van der Waals surface area contributed by atoms with Gasteiger partial charge in [0.15, 0.2) is 0 Å². The summed E-state index contributed by atoms with van der Waals surface area (Å²) in [5.74, 6) is 0.793. The molecule has 0 aliphatic heterocycles. The van der Waals surface area contributed by atoms with Gasteiger partial charge in [-0.15, -0.1) is 18.3 Å². The summed E-state index contributed by atoms with van der Waals surface area (Å²) >= 11 is 0. The van der Waals surface area contributed by atoms with Crippen molar-refractivity contribution in [2.75, 3.05) is 5.32 Å². The number of hydrogen-bond acceptors (Lipinski definition) is 3. The molecule has 5 heteroatoms. The molecular formula is C22H24KN2O2-. The third-order valence-electron chi connectivity index (χ3n) is 3.73. The van der Waals surface area contributed by atoms with Gasteiger partial charge in [-0.1, -0.05) is 45.5 Å². The molecule has 0 aliphatic rings. The van der Waals surface area contributed by atoms with E-state index in [2.05, 4.69) is 50.4 Å². The fourth-order valence-electron chi connectivity index (χ4n) is 2.11. The van der Waals surface area contributed by atoms with Gasteiger partial charge in [-0.2, -0.15) is 24.3 Å². The van der Waals surface area contributed by atoms with Crippen LogP contribution >= 0.6 is 0 Å². The summed E-state index contributed by atoms with van der Waals surface area (Å²) in [6, 6.07) is 19.5. The van der Waals surface area contributed by atoms with E-state index in [4.69, 9.17) is 4.52 Å². The maximum Gasteiger partial charge on any atom is 1.00 e. The first kappa shape index (κ1) is 23.8. The van der Waals surface area contributed by atoms with E-state index in [0.717, 1.165) is 17.9 Å². The van der Waals surface area contributed by atoms with Crippen molar-refractivity contribution in [1.29, 1.82) is 0 Å². The van der Waals surface area contributed by atoms with Gasteiger partial charge in [0.25, 0.3) is 5.91 Å². The molecule has 27 heavy (non-hydrogen) atoms. The molecule has 2 aromatic carbocycles. The minimum atomic E-state index is -0.0844. The second-order valence-corrected chi connectivity index (χ2v) is 6.86. The van der Waals surface area contributed by atoms with Gasteiger partial charge in [0, 0.05) is 5.56 Å². The standard InChI is InChI=1S/C15H14NO.C7H10NO.K/c1-2-12-8-10-13(11-9-12)15(17)16-14-6-4-3-5-7-14;1-7(2,3)6-4-5-8-9-6;/h4-11H,2H2,1H3,(H,16,17);4H,1-3H3;/q2*-1;+1. The second-order valence-electron chi connectivity index (χ2n) is 6.86. The number of aromatic nitrogens is 1. The topological polar surface area (TPSA) is 55.1 Å². The summed E-state index contributed by atoms with van der Waals surface area (Å²) in [6.45, 7) is 8.31. The van der Waals surface area contributed by atoms with Gasteiger partial charge < -0.3 is 9.84 Å². The number of nitrogens with one attached hydrogen (secondary N) is 1. The zero-order valence-corrected chi connectivity index (χ0v) is 19.8. The van der Waals surface area contributed by atoms with Gasteiger partial charge in [0.1, 0.15) is 0 Å². The van der Waals surface area contributed by atoms with Crippen LogP contribution in [-0.4, -0.2) is 11.1 Å². The van der Waals surface area contributed by atoms with Crippen molar-refractivity contribution in [1.82, 2.24) is 5.16 Å². The van der Waals surface area contributed by atoms with Gasteiger partial charge in [-0.3, -0.25) is 4.79 Å². The minimum Gasteiger partial charge on any atom is -0.470 e. The summed E-state index contributed by atoms with van der Waals surface area (Å²) < 4.78 is 4.89. The molecule has 0 radical (unpaired) electrons. The molecule has 0 atom stereocenters.